The molecule has 0 unspecified atom stereocenters. The first-order chi connectivity index (χ1) is 12.7. The normalized spacial score (nSPS) is 10.5. The van der Waals surface area contributed by atoms with Crippen LogP contribution in [0.5, 0.6) is 5.75 Å². The molecule has 0 radical (unpaired) electrons. The summed E-state index contributed by atoms with van der Waals surface area (Å²) in [6.07, 6.45) is 0. The molecule has 1 heterocycles. The van der Waals surface area contributed by atoms with Crippen LogP contribution in [0.25, 0.3) is 0 Å². The fraction of sp³-hybridized carbons (Fsp3) is 0.167. The molecule has 0 fully saturated rings. The summed E-state index contributed by atoms with van der Waals surface area (Å²) in [4.78, 5) is 12.5. The minimum absolute atomic E-state index is 0.140. The first-order valence-corrected chi connectivity index (χ1v) is 9.13. The van der Waals surface area contributed by atoms with Crippen LogP contribution in [0.1, 0.15) is 5.82 Å². The molecule has 2 aromatic carbocycles. The van der Waals surface area contributed by atoms with Crippen molar-refractivity contribution in [2.45, 2.75) is 5.75 Å². The van der Waals surface area contributed by atoms with Crippen molar-refractivity contribution in [1.82, 2.24) is 15.0 Å². The first kappa shape index (κ1) is 17.9. The lowest BCUT2D eigenvalue weighted by Crippen LogP contribution is -2.07. The molecule has 8 heteroatoms. The molecule has 0 aliphatic carbocycles. The summed E-state index contributed by atoms with van der Waals surface area (Å²) in [6.45, 7) is 0.593. The Balaban J connectivity index is 1.50. The Morgan fingerprint density at radius 2 is 1.77 bits per heavy atom. The standard InChI is InChI=1S/C18H18FN5OS/c19-13-6-8-14(9-7-13)21-18-23-16(22-17(20)24-18)12-26-11-10-25-15-4-2-1-3-5-15/h1-9H,10-12H2,(H3,20,21,22,23,24). The molecule has 0 saturated carbocycles. The van der Waals surface area contributed by atoms with Gasteiger partial charge < -0.3 is 15.8 Å². The Kier molecular flexibility index (Phi) is 6.21. The fourth-order valence-electron chi connectivity index (χ4n) is 2.12. The molecule has 26 heavy (non-hydrogen) atoms. The molecule has 3 N–H and O–H groups in total. The first-order valence-electron chi connectivity index (χ1n) is 7.98. The van der Waals surface area contributed by atoms with Crippen molar-refractivity contribution in [3.8, 4) is 5.75 Å². The van der Waals surface area contributed by atoms with E-state index in [-0.39, 0.29) is 11.8 Å². The largest absolute Gasteiger partial charge is 0.493 e. The summed E-state index contributed by atoms with van der Waals surface area (Å²) in [5.74, 6) is 2.97. The minimum atomic E-state index is -0.305. The van der Waals surface area contributed by atoms with E-state index in [1.165, 1.54) is 12.1 Å². The van der Waals surface area contributed by atoms with Crippen molar-refractivity contribution in [2.75, 3.05) is 23.4 Å². The molecule has 0 amide bonds. The van der Waals surface area contributed by atoms with Crippen LogP contribution < -0.4 is 15.8 Å². The smallest absolute Gasteiger partial charge is 0.232 e. The number of nitrogen functional groups attached to an aromatic ring is 1. The number of benzene rings is 2. The SMILES string of the molecule is Nc1nc(CSCCOc2ccccc2)nc(Nc2ccc(F)cc2)n1. The number of nitrogens with zero attached hydrogens (tertiary/aromatic N) is 3. The van der Waals surface area contributed by atoms with Crippen LogP contribution in [0.3, 0.4) is 0 Å². The summed E-state index contributed by atoms with van der Waals surface area (Å²) < 4.78 is 18.6. The van der Waals surface area contributed by atoms with Gasteiger partial charge in [-0.25, -0.2) is 4.39 Å². The second kappa shape index (κ2) is 9.00. The van der Waals surface area contributed by atoms with Gasteiger partial charge in [0.1, 0.15) is 17.4 Å². The Labute approximate surface area is 155 Å². The van der Waals surface area contributed by atoms with Crippen LogP contribution >= 0.6 is 11.8 Å². The molecule has 0 aliphatic rings. The lowest BCUT2D eigenvalue weighted by Gasteiger charge is -2.08. The highest BCUT2D eigenvalue weighted by molar-refractivity contribution is 7.98. The molecule has 3 rings (SSSR count). The van der Waals surface area contributed by atoms with Crippen molar-refractivity contribution in [3.63, 3.8) is 0 Å². The van der Waals surface area contributed by atoms with Crippen LogP contribution in [0, 0.1) is 5.82 Å². The van der Waals surface area contributed by atoms with Crippen LogP contribution in [-0.4, -0.2) is 27.3 Å². The molecule has 6 nitrogen and oxygen atoms in total. The zero-order chi connectivity index (χ0) is 18.2. The zero-order valence-corrected chi connectivity index (χ0v) is 14.7. The van der Waals surface area contributed by atoms with E-state index in [4.69, 9.17) is 10.5 Å². The Morgan fingerprint density at radius 1 is 1.00 bits per heavy atom. The minimum Gasteiger partial charge on any atom is -0.493 e. The van der Waals surface area contributed by atoms with Gasteiger partial charge in [0.15, 0.2) is 0 Å². The number of aromatic nitrogens is 3. The third-order valence-corrected chi connectivity index (χ3v) is 4.19. The van der Waals surface area contributed by atoms with Gasteiger partial charge in [0.2, 0.25) is 11.9 Å². The maximum atomic E-state index is 13.0. The van der Waals surface area contributed by atoms with Gasteiger partial charge in [-0.1, -0.05) is 18.2 Å². The number of para-hydroxylation sites is 1. The number of rotatable bonds is 8. The Bertz CT molecular complexity index is 833. The molecule has 3 aromatic rings. The summed E-state index contributed by atoms with van der Waals surface area (Å²) in [7, 11) is 0. The highest BCUT2D eigenvalue weighted by Crippen LogP contribution is 2.16. The number of halogens is 1. The van der Waals surface area contributed by atoms with Crippen LogP contribution in [-0.2, 0) is 5.75 Å². The fourth-order valence-corrected chi connectivity index (χ4v) is 2.78. The Morgan fingerprint density at radius 3 is 2.54 bits per heavy atom. The number of hydrogen-bond donors (Lipinski definition) is 2. The van der Waals surface area contributed by atoms with Crippen LogP contribution in [0.4, 0.5) is 22.0 Å². The van der Waals surface area contributed by atoms with E-state index in [2.05, 4.69) is 20.3 Å². The third-order valence-electron chi connectivity index (χ3n) is 3.27. The van der Waals surface area contributed by atoms with Gasteiger partial charge in [-0.2, -0.15) is 26.7 Å². The highest BCUT2D eigenvalue weighted by atomic mass is 32.2. The van der Waals surface area contributed by atoms with Crippen LogP contribution in [0.15, 0.2) is 54.6 Å². The number of ether oxygens (including phenoxy) is 1. The van der Waals surface area contributed by atoms with E-state index >= 15 is 0 Å². The molecule has 0 bridgehead atoms. The maximum Gasteiger partial charge on any atom is 0.232 e. The van der Waals surface area contributed by atoms with Gasteiger partial charge in [-0.3, -0.25) is 0 Å². The highest BCUT2D eigenvalue weighted by Gasteiger charge is 2.06. The predicted octanol–water partition coefficient (Wildman–Crippen LogP) is 3.65. The zero-order valence-electron chi connectivity index (χ0n) is 13.9. The summed E-state index contributed by atoms with van der Waals surface area (Å²) in [5, 5.41) is 2.99. The van der Waals surface area contributed by atoms with E-state index in [0.29, 0.717) is 29.8 Å². The van der Waals surface area contributed by atoms with Gasteiger partial charge in [0.05, 0.1) is 12.4 Å². The molecule has 0 saturated heterocycles. The second-order valence-electron chi connectivity index (χ2n) is 5.28. The average molecular weight is 371 g/mol. The summed E-state index contributed by atoms with van der Waals surface area (Å²) in [5.41, 5.74) is 6.42. The second-order valence-corrected chi connectivity index (χ2v) is 6.38. The van der Waals surface area contributed by atoms with Crippen molar-refractivity contribution in [1.29, 1.82) is 0 Å². The number of nitrogens with two attached hydrogens (primary N) is 1. The lowest BCUT2D eigenvalue weighted by atomic mass is 10.3. The number of anilines is 3. The lowest BCUT2D eigenvalue weighted by molar-refractivity contribution is 0.344. The van der Waals surface area contributed by atoms with Gasteiger partial charge in [-0.05, 0) is 36.4 Å². The van der Waals surface area contributed by atoms with Crippen molar-refractivity contribution in [3.05, 3.63) is 66.2 Å². The molecule has 0 spiro atoms. The van der Waals surface area contributed by atoms with E-state index in [1.807, 2.05) is 30.3 Å². The third kappa shape index (κ3) is 5.59. The predicted molar refractivity (Wildman–Crippen MR) is 102 cm³/mol. The Hall–Kier alpha value is -2.87. The topological polar surface area (TPSA) is 86.0 Å². The molecule has 1 aromatic heterocycles. The monoisotopic (exact) mass is 371 g/mol. The van der Waals surface area contributed by atoms with Crippen molar-refractivity contribution < 1.29 is 9.13 Å². The number of hydrogen-bond acceptors (Lipinski definition) is 7. The van der Waals surface area contributed by atoms with Crippen LogP contribution in [0.2, 0.25) is 0 Å². The van der Waals surface area contributed by atoms with Gasteiger partial charge >= 0.3 is 0 Å². The van der Waals surface area contributed by atoms with E-state index in [0.717, 1.165) is 11.5 Å². The molecule has 134 valence electrons. The van der Waals surface area contributed by atoms with Gasteiger partial charge in [-0.15, -0.1) is 0 Å². The van der Waals surface area contributed by atoms with E-state index < -0.39 is 0 Å². The number of nitrogens with one attached hydrogen (secondary N) is 1. The average Bonchev–Trinajstić information content (AvgIpc) is 2.64. The molecule has 0 atom stereocenters. The summed E-state index contributed by atoms with van der Waals surface area (Å²) >= 11 is 1.64. The quantitative estimate of drug-likeness (QED) is 0.585. The molecular weight excluding hydrogens is 353 g/mol. The van der Waals surface area contributed by atoms with E-state index in [1.54, 1.807) is 23.9 Å². The number of thioether (sulfide) groups is 1. The van der Waals surface area contributed by atoms with Gasteiger partial charge in [0.25, 0.3) is 0 Å². The molecular formula is C18H18FN5OS. The summed E-state index contributed by atoms with van der Waals surface area (Å²) in [6, 6.07) is 15.6. The van der Waals surface area contributed by atoms with E-state index in [9.17, 15) is 4.39 Å². The molecule has 0 aliphatic heterocycles. The van der Waals surface area contributed by atoms with Gasteiger partial charge in [0, 0.05) is 11.4 Å². The van der Waals surface area contributed by atoms with Crippen molar-refractivity contribution >= 4 is 29.3 Å². The van der Waals surface area contributed by atoms with Crippen molar-refractivity contribution in [2.24, 2.45) is 0 Å². The maximum absolute atomic E-state index is 13.0.